The second kappa shape index (κ2) is 6.74. The van der Waals surface area contributed by atoms with Gasteiger partial charge in [-0.1, -0.05) is 11.8 Å². The van der Waals surface area contributed by atoms with Gasteiger partial charge in [-0.05, 0) is 18.2 Å². The number of amides is 1. The number of carbonyl (C=O) groups is 1. The first kappa shape index (κ1) is 14.2. The molecule has 0 unspecified atom stereocenters. The molecule has 0 atom stereocenters. The van der Waals surface area contributed by atoms with Crippen molar-refractivity contribution in [2.75, 3.05) is 26.8 Å². The number of halogens is 1. The summed E-state index contributed by atoms with van der Waals surface area (Å²) in [6.45, 7) is -0.357. The summed E-state index contributed by atoms with van der Waals surface area (Å²) in [5.41, 5.74) is 0.349. The van der Waals surface area contributed by atoms with E-state index in [4.69, 9.17) is 10.2 Å². The summed E-state index contributed by atoms with van der Waals surface area (Å²) in [5, 5.41) is 17.3. The van der Waals surface area contributed by atoms with Crippen molar-refractivity contribution in [3.05, 3.63) is 35.1 Å². The summed E-state index contributed by atoms with van der Waals surface area (Å²) in [4.78, 5) is 13.1. The molecule has 0 saturated heterocycles. The van der Waals surface area contributed by atoms with E-state index in [-0.39, 0.29) is 25.3 Å². The van der Waals surface area contributed by atoms with Gasteiger partial charge in [0.2, 0.25) is 0 Å². The summed E-state index contributed by atoms with van der Waals surface area (Å²) in [6, 6.07) is 3.91. The zero-order valence-corrected chi connectivity index (χ0v) is 9.98. The van der Waals surface area contributed by atoms with Crippen LogP contribution in [0.4, 0.5) is 4.39 Å². The standard InChI is InChI=1S/C13H14FNO3/c1-15(6-8-17)13(18)11-9-10(3-2-7-16)4-5-12(11)14/h4-5,9,16-17H,6-8H2,1H3. The highest BCUT2D eigenvalue weighted by molar-refractivity contribution is 5.94. The molecule has 0 radical (unpaired) electrons. The van der Waals surface area contributed by atoms with E-state index in [9.17, 15) is 9.18 Å². The van der Waals surface area contributed by atoms with Crippen molar-refractivity contribution < 1.29 is 19.4 Å². The quantitative estimate of drug-likeness (QED) is 0.756. The monoisotopic (exact) mass is 251 g/mol. The number of likely N-dealkylation sites (N-methyl/N-ethyl adjacent to an activating group) is 1. The van der Waals surface area contributed by atoms with E-state index in [2.05, 4.69) is 11.8 Å². The van der Waals surface area contributed by atoms with Crippen LogP contribution < -0.4 is 0 Å². The van der Waals surface area contributed by atoms with Gasteiger partial charge in [0.05, 0.1) is 12.2 Å². The van der Waals surface area contributed by atoms with Gasteiger partial charge in [0.25, 0.3) is 5.91 Å². The number of rotatable bonds is 3. The SMILES string of the molecule is CN(CCO)C(=O)c1cc(C#CCO)ccc1F. The van der Waals surface area contributed by atoms with E-state index < -0.39 is 11.7 Å². The lowest BCUT2D eigenvalue weighted by Gasteiger charge is -2.16. The summed E-state index contributed by atoms with van der Waals surface area (Å²) >= 11 is 0. The molecule has 0 aliphatic carbocycles. The Morgan fingerprint density at radius 1 is 1.44 bits per heavy atom. The average Bonchev–Trinajstić information content (AvgIpc) is 2.37. The van der Waals surface area contributed by atoms with Crippen molar-refractivity contribution in [2.45, 2.75) is 0 Å². The van der Waals surface area contributed by atoms with Crippen LogP contribution >= 0.6 is 0 Å². The lowest BCUT2D eigenvalue weighted by Crippen LogP contribution is -2.30. The first-order valence-corrected chi connectivity index (χ1v) is 5.35. The Hall–Kier alpha value is -1.90. The Kier molecular flexibility index (Phi) is 5.31. The molecule has 1 amide bonds. The maximum Gasteiger partial charge on any atom is 0.256 e. The molecule has 0 aromatic heterocycles. The van der Waals surface area contributed by atoms with Crippen LogP contribution in [0.1, 0.15) is 15.9 Å². The molecule has 96 valence electrons. The molecular formula is C13H14FNO3. The van der Waals surface area contributed by atoms with Crippen molar-refractivity contribution in [3.63, 3.8) is 0 Å². The summed E-state index contributed by atoms with van der Waals surface area (Å²) < 4.78 is 13.5. The summed E-state index contributed by atoms with van der Waals surface area (Å²) in [6.07, 6.45) is 0. The van der Waals surface area contributed by atoms with Crippen LogP contribution in [0.2, 0.25) is 0 Å². The second-order valence-electron chi connectivity index (χ2n) is 3.60. The van der Waals surface area contributed by atoms with E-state index in [1.165, 1.54) is 24.1 Å². The van der Waals surface area contributed by atoms with Crippen LogP contribution in [-0.2, 0) is 0 Å². The summed E-state index contributed by atoms with van der Waals surface area (Å²) in [5.74, 6) is 3.86. The average molecular weight is 251 g/mol. The second-order valence-corrected chi connectivity index (χ2v) is 3.60. The van der Waals surface area contributed by atoms with E-state index in [0.717, 1.165) is 6.07 Å². The van der Waals surface area contributed by atoms with E-state index in [0.29, 0.717) is 5.56 Å². The molecule has 5 heteroatoms. The molecule has 0 aliphatic rings. The Bertz CT molecular complexity index is 491. The maximum absolute atomic E-state index is 13.5. The minimum absolute atomic E-state index is 0.101. The lowest BCUT2D eigenvalue weighted by atomic mass is 10.1. The van der Waals surface area contributed by atoms with Gasteiger partial charge in [0.15, 0.2) is 0 Å². The van der Waals surface area contributed by atoms with E-state index in [1.54, 1.807) is 0 Å². The Morgan fingerprint density at radius 2 is 2.17 bits per heavy atom. The first-order chi connectivity index (χ1) is 8.60. The number of nitrogens with zero attached hydrogens (tertiary/aromatic N) is 1. The van der Waals surface area contributed by atoms with Gasteiger partial charge < -0.3 is 15.1 Å². The van der Waals surface area contributed by atoms with Crippen molar-refractivity contribution in [1.82, 2.24) is 4.90 Å². The number of carbonyl (C=O) groups excluding carboxylic acids is 1. The van der Waals surface area contributed by atoms with Gasteiger partial charge >= 0.3 is 0 Å². The molecule has 18 heavy (non-hydrogen) atoms. The van der Waals surface area contributed by atoms with Crippen LogP contribution in [0, 0.1) is 17.7 Å². The molecule has 2 N–H and O–H groups in total. The molecule has 0 bridgehead atoms. The molecule has 1 aromatic carbocycles. The molecule has 0 spiro atoms. The molecule has 1 aromatic rings. The number of aliphatic hydroxyl groups excluding tert-OH is 2. The van der Waals surface area contributed by atoms with Gasteiger partial charge in [-0.15, -0.1) is 0 Å². The fourth-order valence-corrected chi connectivity index (χ4v) is 1.37. The third-order valence-electron chi connectivity index (χ3n) is 2.29. The Balaban J connectivity index is 3.03. The number of hydrogen-bond donors (Lipinski definition) is 2. The van der Waals surface area contributed by atoms with Crippen LogP contribution in [0.3, 0.4) is 0 Å². The fraction of sp³-hybridized carbons (Fsp3) is 0.308. The Morgan fingerprint density at radius 3 is 2.78 bits per heavy atom. The van der Waals surface area contributed by atoms with Gasteiger partial charge in [-0.2, -0.15) is 0 Å². The minimum Gasteiger partial charge on any atom is -0.395 e. The zero-order chi connectivity index (χ0) is 13.5. The lowest BCUT2D eigenvalue weighted by molar-refractivity contribution is 0.0762. The van der Waals surface area contributed by atoms with Crippen molar-refractivity contribution in [1.29, 1.82) is 0 Å². The van der Waals surface area contributed by atoms with E-state index in [1.807, 2.05) is 0 Å². The topological polar surface area (TPSA) is 60.8 Å². The molecule has 0 saturated carbocycles. The molecular weight excluding hydrogens is 237 g/mol. The third kappa shape index (κ3) is 3.55. The van der Waals surface area contributed by atoms with Crippen molar-refractivity contribution in [3.8, 4) is 11.8 Å². The molecule has 1 rings (SSSR count). The zero-order valence-electron chi connectivity index (χ0n) is 9.98. The number of aliphatic hydroxyl groups is 2. The van der Waals surface area contributed by atoms with E-state index >= 15 is 0 Å². The predicted octanol–water partition coefficient (Wildman–Crippen LogP) is 0.234. The van der Waals surface area contributed by atoms with Crippen molar-refractivity contribution >= 4 is 5.91 Å². The third-order valence-corrected chi connectivity index (χ3v) is 2.29. The Labute approximate surface area is 105 Å². The normalized spacial score (nSPS) is 9.56. The first-order valence-electron chi connectivity index (χ1n) is 5.35. The fourth-order valence-electron chi connectivity index (χ4n) is 1.37. The van der Waals surface area contributed by atoms with Crippen LogP contribution in [-0.4, -0.2) is 47.8 Å². The van der Waals surface area contributed by atoms with Gasteiger partial charge in [-0.25, -0.2) is 4.39 Å². The highest BCUT2D eigenvalue weighted by atomic mass is 19.1. The number of hydrogen-bond acceptors (Lipinski definition) is 3. The smallest absolute Gasteiger partial charge is 0.256 e. The molecule has 4 nitrogen and oxygen atoms in total. The van der Waals surface area contributed by atoms with Gasteiger partial charge in [0.1, 0.15) is 12.4 Å². The highest BCUT2D eigenvalue weighted by Gasteiger charge is 2.16. The van der Waals surface area contributed by atoms with Gasteiger partial charge in [-0.3, -0.25) is 4.79 Å². The van der Waals surface area contributed by atoms with Crippen LogP contribution in [0.5, 0.6) is 0 Å². The molecule has 0 aliphatic heterocycles. The number of benzene rings is 1. The minimum atomic E-state index is -0.640. The van der Waals surface area contributed by atoms with Crippen LogP contribution in [0.15, 0.2) is 18.2 Å². The van der Waals surface area contributed by atoms with Crippen molar-refractivity contribution in [2.24, 2.45) is 0 Å². The highest BCUT2D eigenvalue weighted by Crippen LogP contribution is 2.12. The molecule has 0 fully saturated rings. The van der Waals surface area contributed by atoms with Crippen LogP contribution in [0.25, 0.3) is 0 Å². The van der Waals surface area contributed by atoms with Gasteiger partial charge in [0, 0.05) is 19.2 Å². The molecule has 0 heterocycles. The predicted molar refractivity (Wildman–Crippen MR) is 64.4 cm³/mol. The largest absolute Gasteiger partial charge is 0.395 e. The maximum atomic E-state index is 13.5. The summed E-state index contributed by atoms with van der Waals surface area (Å²) in [7, 11) is 1.48.